The van der Waals surface area contributed by atoms with Gasteiger partial charge in [0.1, 0.15) is 0 Å². The Morgan fingerprint density at radius 2 is 2.36 bits per heavy atom. The third-order valence-electron chi connectivity index (χ3n) is 2.40. The minimum Gasteiger partial charge on any atom is -0.321 e. The Labute approximate surface area is 96.6 Å². The maximum Gasteiger partial charge on any atom is 0.190 e. The van der Waals surface area contributed by atoms with Crippen LogP contribution in [0.3, 0.4) is 0 Å². The number of hydrogen-bond donors (Lipinski definition) is 1. The Morgan fingerprint density at radius 3 is 2.79 bits per heavy atom. The predicted octanol–water partition coefficient (Wildman–Crippen LogP) is 3.07. The van der Waals surface area contributed by atoms with Gasteiger partial charge >= 0.3 is 0 Å². The second-order valence-corrected chi connectivity index (χ2v) is 5.14. The molecule has 0 amide bonds. The molecular weight excluding hydrogens is 262 g/mol. The Hall–Kier alpha value is -0.190. The fourth-order valence-electron chi connectivity index (χ4n) is 1.13. The average Bonchev–Trinajstić information content (AvgIpc) is 2.61. The lowest BCUT2D eigenvalue weighted by molar-refractivity contribution is 0.0938. The number of hydrogen-bond acceptors (Lipinski definition) is 3. The van der Waals surface area contributed by atoms with Gasteiger partial charge in [-0.3, -0.25) is 4.79 Å². The summed E-state index contributed by atoms with van der Waals surface area (Å²) in [5.41, 5.74) is 5.87. The highest BCUT2D eigenvalue weighted by Crippen LogP contribution is 2.25. The number of rotatable bonds is 4. The molecule has 4 heteroatoms. The molecule has 0 spiro atoms. The van der Waals surface area contributed by atoms with Crippen LogP contribution in [0.15, 0.2) is 15.9 Å². The van der Waals surface area contributed by atoms with Crippen molar-refractivity contribution in [3.8, 4) is 0 Å². The SMILES string of the molecule is CCC(C)C(N)C(=O)c1sccc1Br. The number of halogens is 1. The summed E-state index contributed by atoms with van der Waals surface area (Å²) >= 11 is 4.78. The zero-order chi connectivity index (χ0) is 10.7. The molecule has 14 heavy (non-hydrogen) atoms. The second kappa shape index (κ2) is 5.05. The third kappa shape index (κ3) is 2.43. The molecule has 0 bridgehead atoms. The van der Waals surface area contributed by atoms with Crippen molar-refractivity contribution in [1.29, 1.82) is 0 Å². The first-order valence-electron chi connectivity index (χ1n) is 4.60. The van der Waals surface area contributed by atoms with Gasteiger partial charge in [0, 0.05) is 4.47 Å². The summed E-state index contributed by atoms with van der Waals surface area (Å²) < 4.78 is 0.853. The Morgan fingerprint density at radius 1 is 1.71 bits per heavy atom. The van der Waals surface area contributed by atoms with Crippen molar-refractivity contribution >= 4 is 33.0 Å². The van der Waals surface area contributed by atoms with Gasteiger partial charge in [0.2, 0.25) is 0 Å². The fraction of sp³-hybridized carbons (Fsp3) is 0.500. The molecule has 1 aromatic rings. The molecule has 1 aromatic heterocycles. The van der Waals surface area contributed by atoms with E-state index >= 15 is 0 Å². The molecule has 78 valence electrons. The number of carbonyl (C=O) groups excluding carboxylic acids is 1. The zero-order valence-electron chi connectivity index (χ0n) is 8.29. The molecule has 0 saturated carbocycles. The van der Waals surface area contributed by atoms with Crippen LogP contribution in [-0.4, -0.2) is 11.8 Å². The van der Waals surface area contributed by atoms with E-state index in [0.29, 0.717) is 0 Å². The van der Waals surface area contributed by atoms with E-state index in [4.69, 9.17) is 5.73 Å². The van der Waals surface area contributed by atoms with Crippen molar-refractivity contribution in [2.45, 2.75) is 26.3 Å². The molecular formula is C10H14BrNOS. The third-order valence-corrected chi connectivity index (χ3v) is 4.25. The molecule has 0 saturated heterocycles. The van der Waals surface area contributed by atoms with E-state index in [9.17, 15) is 4.79 Å². The monoisotopic (exact) mass is 275 g/mol. The van der Waals surface area contributed by atoms with Crippen molar-refractivity contribution < 1.29 is 4.79 Å². The topological polar surface area (TPSA) is 43.1 Å². The van der Waals surface area contributed by atoms with Gasteiger partial charge in [-0.15, -0.1) is 11.3 Å². The van der Waals surface area contributed by atoms with Crippen molar-refractivity contribution in [3.63, 3.8) is 0 Å². The molecule has 2 N–H and O–H groups in total. The molecule has 2 nitrogen and oxygen atoms in total. The normalized spacial score (nSPS) is 15.1. The zero-order valence-corrected chi connectivity index (χ0v) is 10.7. The van der Waals surface area contributed by atoms with Gasteiger partial charge in [0.05, 0.1) is 10.9 Å². The largest absolute Gasteiger partial charge is 0.321 e. The van der Waals surface area contributed by atoms with E-state index in [1.165, 1.54) is 11.3 Å². The molecule has 0 aliphatic carbocycles. The summed E-state index contributed by atoms with van der Waals surface area (Å²) in [6.07, 6.45) is 0.926. The summed E-state index contributed by atoms with van der Waals surface area (Å²) in [4.78, 5) is 12.6. The van der Waals surface area contributed by atoms with E-state index < -0.39 is 0 Å². The minimum absolute atomic E-state index is 0.0428. The maximum atomic E-state index is 11.9. The molecule has 0 aliphatic heterocycles. The molecule has 0 radical (unpaired) electrons. The van der Waals surface area contributed by atoms with Crippen LogP contribution in [0.4, 0.5) is 0 Å². The molecule has 1 heterocycles. The van der Waals surface area contributed by atoms with Gasteiger partial charge in [-0.05, 0) is 33.3 Å². The summed E-state index contributed by atoms with van der Waals surface area (Å²) in [6.45, 7) is 4.05. The standard InChI is InChI=1S/C10H14BrNOS/c1-3-6(2)8(12)9(13)10-7(11)4-5-14-10/h4-6,8H,3,12H2,1-2H3. The lowest BCUT2D eigenvalue weighted by Gasteiger charge is -2.16. The van der Waals surface area contributed by atoms with Crippen LogP contribution < -0.4 is 5.73 Å². The first-order chi connectivity index (χ1) is 6.57. The Balaban J connectivity index is 2.81. The summed E-state index contributed by atoms with van der Waals surface area (Å²) in [5, 5.41) is 1.89. The molecule has 0 aliphatic rings. The van der Waals surface area contributed by atoms with Gasteiger partial charge in [-0.1, -0.05) is 20.3 Å². The predicted molar refractivity (Wildman–Crippen MR) is 63.8 cm³/mol. The van der Waals surface area contributed by atoms with E-state index in [1.807, 2.05) is 25.3 Å². The van der Waals surface area contributed by atoms with Gasteiger partial charge in [0.25, 0.3) is 0 Å². The Bertz CT molecular complexity index is 324. The number of carbonyl (C=O) groups is 1. The van der Waals surface area contributed by atoms with Crippen LogP contribution in [0, 0.1) is 5.92 Å². The molecule has 2 unspecified atom stereocenters. The quantitative estimate of drug-likeness (QED) is 0.859. The van der Waals surface area contributed by atoms with E-state index in [2.05, 4.69) is 15.9 Å². The van der Waals surface area contributed by atoms with Gasteiger partial charge < -0.3 is 5.73 Å². The lowest BCUT2D eigenvalue weighted by atomic mass is 9.96. The highest BCUT2D eigenvalue weighted by Gasteiger charge is 2.23. The molecule has 1 rings (SSSR count). The first-order valence-corrected chi connectivity index (χ1v) is 6.28. The van der Waals surface area contributed by atoms with Crippen LogP contribution in [0.25, 0.3) is 0 Å². The maximum absolute atomic E-state index is 11.9. The van der Waals surface area contributed by atoms with Crippen LogP contribution >= 0.6 is 27.3 Å². The van der Waals surface area contributed by atoms with Gasteiger partial charge in [0.15, 0.2) is 5.78 Å². The van der Waals surface area contributed by atoms with Crippen LogP contribution in [0.1, 0.15) is 29.9 Å². The summed E-state index contributed by atoms with van der Waals surface area (Å²) in [6, 6.07) is 1.50. The molecule has 0 aromatic carbocycles. The van der Waals surface area contributed by atoms with E-state index in [1.54, 1.807) is 0 Å². The average molecular weight is 276 g/mol. The van der Waals surface area contributed by atoms with Gasteiger partial charge in [-0.2, -0.15) is 0 Å². The number of thiophene rings is 1. The van der Waals surface area contributed by atoms with Crippen molar-refractivity contribution in [2.75, 3.05) is 0 Å². The van der Waals surface area contributed by atoms with Crippen molar-refractivity contribution in [1.82, 2.24) is 0 Å². The summed E-state index contributed by atoms with van der Waals surface area (Å²) in [5.74, 6) is 0.276. The summed E-state index contributed by atoms with van der Waals surface area (Å²) in [7, 11) is 0. The first kappa shape index (κ1) is 11.9. The minimum atomic E-state index is -0.380. The smallest absolute Gasteiger partial charge is 0.190 e. The second-order valence-electron chi connectivity index (χ2n) is 3.37. The van der Waals surface area contributed by atoms with E-state index in [-0.39, 0.29) is 17.7 Å². The van der Waals surface area contributed by atoms with Crippen LogP contribution in [-0.2, 0) is 0 Å². The number of ketones is 1. The van der Waals surface area contributed by atoms with E-state index in [0.717, 1.165) is 15.8 Å². The van der Waals surface area contributed by atoms with Gasteiger partial charge in [-0.25, -0.2) is 0 Å². The lowest BCUT2D eigenvalue weighted by Crippen LogP contribution is -2.36. The fourth-order valence-corrected chi connectivity index (χ4v) is 2.69. The van der Waals surface area contributed by atoms with Crippen LogP contribution in [0.5, 0.6) is 0 Å². The highest BCUT2D eigenvalue weighted by atomic mass is 79.9. The number of nitrogens with two attached hydrogens (primary N) is 1. The highest BCUT2D eigenvalue weighted by molar-refractivity contribution is 9.10. The number of Topliss-reactive ketones (excluding diaryl/α,β-unsaturated/α-hetero) is 1. The Kier molecular flexibility index (Phi) is 4.29. The molecule has 2 atom stereocenters. The molecule has 0 fully saturated rings. The van der Waals surface area contributed by atoms with Crippen molar-refractivity contribution in [2.24, 2.45) is 11.7 Å². The van der Waals surface area contributed by atoms with Crippen LogP contribution in [0.2, 0.25) is 0 Å². The van der Waals surface area contributed by atoms with Crippen molar-refractivity contribution in [3.05, 3.63) is 20.8 Å².